The van der Waals surface area contributed by atoms with Crippen LogP contribution >= 0.6 is 11.3 Å². The molecular weight excluding hydrogens is 270 g/mol. The Morgan fingerprint density at radius 3 is 2.90 bits per heavy atom. The van der Waals surface area contributed by atoms with Crippen LogP contribution in [-0.2, 0) is 6.42 Å². The number of pyridine rings is 1. The predicted octanol–water partition coefficient (Wildman–Crippen LogP) is 2.91. The predicted molar refractivity (Wildman–Crippen MR) is 82.6 cm³/mol. The lowest BCUT2D eigenvalue weighted by Crippen LogP contribution is -2.10. The van der Waals surface area contributed by atoms with Crippen LogP contribution in [0.4, 0.5) is 5.82 Å². The topological polar surface area (TPSA) is 76.7 Å². The molecule has 3 heterocycles. The summed E-state index contributed by atoms with van der Waals surface area (Å²) in [5.41, 5.74) is 4.70. The van der Waals surface area contributed by atoms with Gasteiger partial charge in [-0.3, -0.25) is 4.98 Å². The maximum Gasteiger partial charge on any atom is 0.163 e. The van der Waals surface area contributed by atoms with Gasteiger partial charge in [0.25, 0.3) is 0 Å². The van der Waals surface area contributed by atoms with Crippen LogP contribution in [-0.4, -0.2) is 15.0 Å². The minimum absolute atomic E-state index is 0.664. The summed E-state index contributed by atoms with van der Waals surface area (Å²) in [5, 5.41) is 0.977. The monoisotopic (exact) mass is 285 g/mol. The van der Waals surface area contributed by atoms with Gasteiger partial charge in [0.05, 0.1) is 5.39 Å². The highest BCUT2D eigenvalue weighted by Crippen LogP contribution is 2.31. The van der Waals surface area contributed by atoms with Crippen molar-refractivity contribution in [3.05, 3.63) is 35.0 Å². The average Bonchev–Trinajstić information content (AvgIpc) is 2.89. The summed E-state index contributed by atoms with van der Waals surface area (Å²) in [6.07, 6.45) is 4.54. The normalized spacial score (nSPS) is 10.9. The molecular formula is C14H15N5S. The summed E-state index contributed by atoms with van der Waals surface area (Å²) < 4.78 is 0. The molecule has 0 bridgehead atoms. The largest absolute Gasteiger partial charge is 0.308 e. The molecule has 3 N–H and O–H groups in total. The Labute approximate surface area is 120 Å². The Morgan fingerprint density at radius 2 is 2.20 bits per heavy atom. The Bertz CT molecular complexity index is 765. The Hall–Kier alpha value is -2.05. The molecule has 3 aromatic heterocycles. The van der Waals surface area contributed by atoms with Gasteiger partial charge in [-0.1, -0.05) is 6.92 Å². The molecule has 20 heavy (non-hydrogen) atoms. The van der Waals surface area contributed by atoms with E-state index in [2.05, 4.69) is 33.4 Å². The molecule has 0 saturated carbocycles. The van der Waals surface area contributed by atoms with Crippen molar-refractivity contribution < 1.29 is 0 Å². The molecule has 0 aliphatic rings. The zero-order valence-corrected chi connectivity index (χ0v) is 12.2. The quantitative estimate of drug-likeness (QED) is 0.571. The minimum Gasteiger partial charge on any atom is -0.308 e. The number of fused-ring (bicyclic) bond motifs is 1. The maximum atomic E-state index is 5.60. The number of nitrogens with one attached hydrogen (secondary N) is 1. The first-order chi connectivity index (χ1) is 9.72. The van der Waals surface area contributed by atoms with E-state index in [-0.39, 0.29) is 0 Å². The summed E-state index contributed by atoms with van der Waals surface area (Å²) in [6.45, 7) is 4.12. The molecule has 0 saturated heterocycles. The van der Waals surface area contributed by atoms with Crippen LogP contribution in [0.25, 0.3) is 21.6 Å². The first-order valence-corrected chi connectivity index (χ1v) is 7.22. The lowest BCUT2D eigenvalue weighted by Gasteiger charge is -2.06. The summed E-state index contributed by atoms with van der Waals surface area (Å²) >= 11 is 1.68. The van der Waals surface area contributed by atoms with Crippen molar-refractivity contribution in [3.63, 3.8) is 0 Å². The fourth-order valence-corrected chi connectivity index (χ4v) is 3.07. The summed E-state index contributed by atoms with van der Waals surface area (Å²) in [4.78, 5) is 15.5. The average molecular weight is 285 g/mol. The first-order valence-electron chi connectivity index (χ1n) is 6.41. The van der Waals surface area contributed by atoms with Gasteiger partial charge in [-0.15, -0.1) is 11.3 Å². The van der Waals surface area contributed by atoms with Crippen LogP contribution in [0.1, 0.15) is 17.4 Å². The third-order valence-corrected chi connectivity index (χ3v) is 4.36. The number of rotatable bonds is 3. The van der Waals surface area contributed by atoms with Crippen LogP contribution in [0, 0.1) is 6.92 Å². The van der Waals surface area contributed by atoms with E-state index in [1.165, 1.54) is 4.88 Å². The van der Waals surface area contributed by atoms with E-state index in [0.717, 1.165) is 27.8 Å². The maximum absolute atomic E-state index is 5.60. The third-order valence-electron chi connectivity index (χ3n) is 3.19. The SMILES string of the molecule is CCc1cc2c(NN)nc(-c3ccncc3C)nc2s1. The molecule has 5 nitrogen and oxygen atoms in total. The van der Waals surface area contributed by atoms with E-state index < -0.39 is 0 Å². The van der Waals surface area contributed by atoms with Gasteiger partial charge in [0, 0.05) is 22.8 Å². The van der Waals surface area contributed by atoms with Crippen molar-refractivity contribution >= 4 is 27.4 Å². The molecule has 3 aromatic rings. The van der Waals surface area contributed by atoms with Gasteiger partial charge in [-0.2, -0.15) is 0 Å². The van der Waals surface area contributed by atoms with Crippen LogP contribution in [0.3, 0.4) is 0 Å². The number of hydrogen-bond acceptors (Lipinski definition) is 6. The van der Waals surface area contributed by atoms with E-state index in [1.807, 2.05) is 19.2 Å². The lowest BCUT2D eigenvalue weighted by molar-refractivity contribution is 1.17. The number of thiophene rings is 1. The molecule has 0 atom stereocenters. The lowest BCUT2D eigenvalue weighted by atomic mass is 10.1. The molecule has 0 aromatic carbocycles. The number of aromatic nitrogens is 3. The number of hydrazine groups is 1. The molecule has 0 spiro atoms. The van der Waals surface area contributed by atoms with Crippen LogP contribution < -0.4 is 11.3 Å². The van der Waals surface area contributed by atoms with E-state index >= 15 is 0 Å². The van der Waals surface area contributed by atoms with Crippen molar-refractivity contribution in [2.24, 2.45) is 5.84 Å². The van der Waals surface area contributed by atoms with Gasteiger partial charge in [-0.25, -0.2) is 15.8 Å². The summed E-state index contributed by atoms with van der Waals surface area (Å²) in [5.74, 6) is 6.94. The molecule has 0 amide bonds. The highest BCUT2D eigenvalue weighted by atomic mass is 32.1. The fourth-order valence-electron chi connectivity index (χ4n) is 2.10. The zero-order valence-electron chi connectivity index (χ0n) is 11.3. The van der Waals surface area contributed by atoms with E-state index in [4.69, 9.17) is 5.84 Å². The van der Waals surface area contributed by atoms with Crippen molar-refractivity contribution in [1.82, 2.24) is 15.0 Å². The van der Waals surface area contributed by atoms with Crippen LogP contribution in [0.15, 0.2) is 24.5 Å². The van der Waals surface area contributed by atoms with Crippen LogP contribution in [0.5, 0.6) is 0 Å². The molecule has 0 fully saturated rings. The highest BCUT2D eigenvalue weighted by molar-refractivity contribution is 7.18. The van der Waals surface area contributed by atoms with Gasteiger partial charge < -0.3 is 5.43 Å². The van der Waals surface area contributed by atoms with E-state index in [9.17, 15) is 0 Å². The molecule has 102 valence electrons. The second-order valence-corrected chi connectivity index (χ2v) is 5.63. The molecule has 0 unspecified atom stereocenters. The Balaban J connectivity index is 2.25. The van der Waals surface area contributed by atoms with Crippen LogP contribution in [0.2, 0.25) is 0 Å². The second-order valence-electron chi connectivity index (χ2n) is 4.52. The third kappa shape index (κ3) is 2.13. The fraction of sp³-hybridized carbons (Fsp3) is 0.214. The standard InChI is InChI=1S/C14H15N5S/c1-3-9-6-11-13(19-15)17-12(18-14(11)20-9)10-4-5-16-7-8(10)2/h4-7H,3,15H2,1-2H3,(H,17,18,19). The van der Waals surface area contributed by atoms with Gasteiger partial charge in [0.1, 0.15) is 4.83 Å². The highest BCUT2D eigenvalue weighted by Gasteiger charge is 2.13. The van der Waals surface area contributed by atoms with Crippen molar-refractivity contribution in [2.45, 2.75) is 20.3 Å². The smallest absolute Gasteiger partial charge is 0.163 e. The molecule has 0 radical (unpaired) electrons. The minimum atomic E-state index is 0.664. The van der Waals surface area contributed by atoms with Crippen molar-refractivity contribution in [2.75, 3.05) is 5.43 Å². The zero-order chi connectivity index (χ0) is 14.1. The number of nitrogen functional groups attached to an aromatic ring is 1. The Morgan fingerprint density at radius 1 is 1.35 bits per heavy atom. The molecule has 6 heteroatoms. The van der Waals surface area contributed by atoms with Crippen molar-refractivity contribution in [1.29, 1.82) is 0 Å². The number of aryl methyl sites for hydroxylation is 2. The molecule has 0 aliphatic carbocycles. The first kappa shape index (κ1) is 13.0. The summed E-state index contributed by atoms with van der Waals surface area (Å²) in [7, 11) is 0. The van der Waals surface area contributed by atoms with Gasteiger partial charge in [0.15, 0.2) is 11.6 Å². The molecule has 0 aliphatic heterocycles. The van der Waals surface area contributed by atoms with E-state index in [0.29, 0.717) is 11.6 Å². The number of nitrogens with zero attached hydrogens (tertiary/aromatic N) is 3. The second kappa shape index (κ2) is 5.15. The number of nitrogens with two attached hydrogens (primary N) is 1. The summed E-state index contributed by atoms with van der Waals surface area (Å²) in [6, 6.07) is 4.02. The van der Waals surface area contributed by atoms with Gasteiger partial charge >= 0.3 is 0 Å². The number of anilines is 1. The van der Waals surface area contributed by atoms with E-state index in [1.54, 1.807) is 17.5 Å². The van der Waals surface area contributed by atoms with Gasteiger partial charge in [0.2, 0.25) is 0 Å². The van der Waals surface area contributed by atoms with Gasteiger partial charge in [-0.05, 0) is 31.0 Å². The van der Waals surface area contributed by atoms with Crippen molar-refractivity contribution in [3.8, 4) is 11.4 Å². The Kier molecular flexibility index (Phi) is 3.33. The molecule has 3 rings (SSSR count). The number of hydrogen-bond donors (Lipinski definition) is 2.